The highest BCUT2D eigenvalue weighted by Gasteiger charge is 2.20. The Morgan fingerprint density at radius 2 is 1.69 bits per heavy atom. The quantitative estimate of drug-likeness (QED) is 0.669. The van der Waals surface area contributed by atoms with Crippen LogP contribution >= 0.6 is 0 Å². The molecule has 1 fully saturated rings. The molecule has 0 heterocycles. The molecule has 16 heavy (non-hydrogen) atoms. The molecule has 0 amide bonds. The van der Waals surface area contributed by atoms with Crippen LogP contribution in [0.2, 0.25) is 0 Å². The number of benzene rings is 1. The second-order valence-corrected chi connectivity index (χ2v) is 4.93. The van der Waals surface area contributed by atoms with Crippen LogP contribution in [-0.4, -0.2) is 0 Å². The van der Waals surface area contributed by atoms with E-state index in [9.17, 15) is 0 Å². The van der Waals surface area contributed by atoms with E-state index in [0.29, 0.717) is 0 Å². The molecule has 0 aromatic heterocycles. The summed E-state index contributed by atoms with van der Waals surface area (Å²) in [6, 6.07) is 10.8. The minimum atomic E-state index is 0.862. The molecule has 1 aromatic carbocycles. The Hall–Kier alpha value is -1.30. The molecule has 0 unspecified atom stereocenters. The Labute approximate surface area is 97.7 Å². The monoisotopic (exact) mass is 210 g/mol. The zero-order valence-electron chi connectivity index (χ0n) is 9.65. The van der Waals surface area contributed by atoms with Crippen LogP contribution in [0.1, 0.15) is 37.7 Å². The summed E-state index contributed by atoms with van der Waals surface area (Å²) in [5.74, 6) is 0.862. The number of hydrogen-bond donors (Lipinski definition) is 0. The van der Waals surface area contributed by atoms with E-state index in [1.165, 1.54) is 36.8 Å². The third-order valence-corrected chi connectivity index (χ3v) is 3.87. The van der Waals surface area contributed by atoms with Gasteiger partial charge < -0.3 is 0 Å². The van der Waals surface area contributed by atoms with Crippen molar-refractivity contribution in [2.24, 2.45) is 5.92 Å². The van der Waals surface area contributed by atoms with Crippen molar-refractivity contribution in [3.05, 3.63) is 53.6 Å². The summed E-state index contributed by atoms with van der Waals surface area (Å²) in [6.45, 7) is 0. The normalized spacial score (nSPS) is 21.0. The molecule has 0 saturated heterocycles. The van der Waals surface area contributed by atoms with Gasteiger partial charge in [-0.05, 0) is 41.9 Å². The zero-order chi connectivity index (χ0) is 10.8. The van der Waals surface area contributed by atoms with Crippen molar-refractivity contribution in [1.29, 1.82) is 0 Å². The van der Waals surface area contributed by atoms with Crippen molar-refractivity contribution in [1.82, 2.24) is 0 Å². The van der Waals surface area contributed by atoms with Crippen molar-refractivity contribution >= 4 is 5.57 Å². The van der Waals surface area contributed by atoms with Gasteiger partial charge in [-0.2, -0.15) is 0 Å². The second kappa shape index (κ2) is 4.29. The summed E-state index contributed by atoms with van der Waals surface area (Å²) in [4.78, 5) is 0. The SMILES string of the molecule is C1=C(c2ccccc2)CC=C1C1CCCC1. The first-order chi connectivity index (χ1) is 7.93. The molecule has 1 saturated carbocycles. The number of rotatable bonds is 2. The van der Waals surface area contributed by atoms with Crippen LogP contribution in [0.3, 0.4) is 0 Å². The molecule has 1 aromatic rings. The largest absolute Gasteiger partial charge is 0.0766 e. The minimum Gasteiger partial charge on any atom is -0.0766 e. The van der Waals surface area contributed by atoms with Crippen LogP contribution in [0.5, 0.6) is 0 Å². The molecule has 82 valence electrons. The molecule has 3 rings (SSSR count). The fourth-order valence-corrected chi connectivity index (χ4v) is 2.94. The first-order valence-electron chi connectivity index (χ1n) is 6.39. The maximum absolute atomic E-state index is 2.44. The maximum Gasteiger partial charge on any atom is -0.00855 e. The van der Waals surface area contributed by atoms with Crippen LogP contribution in [-0.2, 0) is 0 Å². The molecule has 0 heteroatoms. The highest BCUT2D eigenvalue weighted by molar-refractivity contribution is 5.72. The van der Waals surface area contributed by atoms with Crippen molar-refractivity contribution < 1.29 is 0 Å². The van der Waals surface area contributed by atoms with E-state index < -0.39 is 0 Å². The average molecular weight is 210 g/mol. The van der Waals surface area contributed by atoms with E-state index in [0.717, 1.165) is 12.3 Å². The summed E-state index contributed by atoms with van der Waals surface area (Å²) >= 11 is 0. The first-order valence-corrected chi connectivity index (χ1v) is 6.39. The molecular formula is C16H18. The highest BCUT2D eigenvalue weighted by Crippen LogP contribution is 2.37. The maximum atomic E-state index is 2.44. The summed E-state index contributed by atoms with van der Waals surface area (Å²) in [6.07, 6.45) is 11.7. The summed E-state index contributed by atoms with van der Waals surface area (Å²) in [5.41, 5.74) is 4.51. The van der Waals surface area contributed by atoms with Crippen molar-refractivity contribution in [3.8, 4) is 0 Å². The van der Waals surface area contributed by atoms with Gasteiger partial charge in [0.2, 0.25) is 0 Å². The fourth-order valence-electron chi connectivity index (χ4n) is 2.94. The highest BCUT2D eigenvalue weighted by atomic mass is 14.3. The lowest BCUT2D eigenvalue weighted by Gasteiger charge is -2.07. The molecular weight excluding hydrogens is 192 g/mol. The molecule has 0 atom stereocenters. The third kappa shape index (κ3) is 1.84. The first kappa shape index (κ1) is 9.89. The molecule has 0 bridgehead atoms. The van der Waals surface area contributed by atoms with Gasteiger partial charge in [0.1, 0.15) is 0 Å². The molecule has 2 aliphatic carbocycles. The predicted molar refractivity (Wildman–Crippen MR) is 69.1 cm³/mol. The Balaban J connectivity index is 1.79. The lowest BCUT2D eigenvalue weighted by atomic mass is 9.98. The van der Waals surface area contributed by atoms with Gasteiger partial charge in [-0.15, -0.1) is 0 Å². The average Bonchev–Trinajstić information content (AvgIpc) is 3.01. The van der Waals surface area contributed by atoms with Crippen molar-refractivity contribution in [3.63, 3.8) is 0 Å². The van der Waals surface area contributed by atoms with Gasteiger partial charge in [0.05, 0.1) is 0 Å². The zero-order valence-corrected chi connectivity index (χ0v) is 9.65. The van der Waals surface area contributed by atoms with Crippen LogP contribution in [0.25, 0.3) is 5.57 Å². The Bertz CT molecular complexity index is 417. The minimum absolute atomic E-state index is 0.862. The molecule has 0 nitrogen and oxygen atoms in total. The lowest BCUT2D eigenvalue weighted by molar-refractivity contribution is 0.658. The molecule has 2 aliphatic rings. The van der Waals surface area contributed by atoms with E-state index in [2.05, 4.69) is 42.5 Å². The van der Waals surface area contributed by atoms with Crippen molar-refractivity contribution in [2.45, 2.75) is 32.1 Å². The number of hydrogen-bond acceptors (Lipinski definition) is 0. The van der Waals surface area contributed by atoms with E-state index in [1.54, 1.807) is 5.57 Å². The van der Waals surface area contributed by atoms with Crippen LogP contribution in [0.4, 0.5) is 0 Å². The molecule has 0 N–H and O–H groups in total. The molecule has 0 radical (unpaired) electrons. The second-order valence-electron chi connectivity index (χ2n) is 4.93. The Morgan fingerprint density at radius 3 is 2.44 bits per heavy atom. The Morgan fingerprint density at radius 1 is 0.938 bits per heavy atom. The molecule has 0 spiro atoms. The van der Waals surface area contributed by atoms with Gasteiger partial charge >= 0.3 is 0 Å². The van der Waals surface area contributed by atoms with Gasteiger partial charge in [0.15, 0.2) is 0 Å². The van der Waals surface area contributed by atoms with Gasteiger partial charge in [-0.1, -0.05) is 55.3 Å². The van der Waals surface area contributed by atoms with Crippen molar-refractivity contribution in [2.75, 3.05) is 0 Å². The van der Waals surface area contributed by atoms with E-state index in [-0.39, 0.29) is 0 Å². The van der Waals surface area contributed by atoms with Crippen LogP contribution in [0.15, 0.2) is 48.1 Å². The van der Waals surface area contributed by atoms with Crippen LogP contribution < -0.4 is 0 Å². The fraction of sp³-hybridized carbons (Fsp3) is 0.375. The van der Waals surface area contributed by atoms with Crippen LogP contribution in [0, 0.1) is 5.92 Å². The topological polar surface area (TPSA) is 0 Å². The predicted octanol–water partition coefficient (Wildman–Crippen LogP) is 4.59. The number of allylic oxidation sites excluding steroid dienone is 4. The van der Waals surface area contributed by atoms with E-state index in [1.807, 2.05) is 0 Å². The Kier molecular flexibility index (Phi) is 2.65. The van der Waals surface area contributed by atoms with E-state index >= 15 is 0 Å². The summed E-state index contributed by atoms with van der Waals surface area (Å²) in [7, 11) is 0. The van der Waals surface area contributed by atoms with Gasteiger partial charge in [-0.3, -0.25) is 0 Å². The van der Waals surface area contributed by atoms with Gasteiger partial charge in [-0.25, -0.2) is 0 Å². The van der Waals surface area contributed by atoms with E-state index in [4.69, 9.17) is 0 Å². The summed E-state index contributed by atoms with van der Waals surface area (Å²) in [5, 5.41) is 0. The standard InChI is InChI=1S/C16H18/c1-2-6-13(7-3-1)15-10-11-16(12-15)14-8-4-5-9-14/h1-3,6-7,11-12,14H,4-5,8-10H2. The van der Waals surface area contributed by atoms with Gasteiger partial charge in [0.25, 0.3) is 0 Å². The summed E-state index contributed by atoms with van der Waals surface area (Å²) < 4.78 is 0. The third-order valence-electron chi connectivity index (χ3n) is 3.87. The van der Waals surface area contributed by atoms with Gasteiger partial charge in [0, 0.05) is 0 Å². The molecule has 0 aliphatic heterocycles. The lowest BCUT2D eigenvalue weighted by Crippen LogP contribution is -1.93. The smallest absolute Gasteiger partial charge is 0.00855 e.